The molecule has 0 aromatic heterocycles. The Kier molecular flexibility index (Phi) is 13.3. The fourth-order valence-electron chi connectivity index (χ4n) is 6.06. The lowest BCUT2D eigenvalue weighted by molar-refractivity contribution is -0.131. The zero-order valence-electron chi connectivity index (χ0n) is 24.7. The molecule has 0 aliphatic carbocycles. The van der Waals surface area contributed by atoms with Gasteiger partial charge in [-0.25, -0.2) is 0 Å². The molecule has 0 radical (unpaired) electrons. The number of nitrogens with zero attached hydrogens (tertiary/aromatic N) is 6. The second kappa shape index (κ2) is 15.6. The second-order valence-corrected chi connectivity index (χ2v) is 10.6. The van der Waals surface area contributed by atoms with Crippen LogP contribution in [0.5, 0.6) is 0 Å². The van der Waals surface area contributed by atoms with E-state index in [-0.39, 0.29) is 0 Å². The molecular weight excluding hydrogens is 468 g/mol. The van der Waals surface area contributed by atoms with Crippen molar-refractivity contribution in [1.29, 1.82) is 0 Å². The minimum Gasteiger partial charge on any atom is -0.337 e. The number of hydrogen-bond donors (Lipinski definition) is 0. The van der Waals surface area contributed by atoms with Crippen molar-refractivity contribution in [3.63, 3.8) is 0 Å². The van der Waals surface area contributed by atoms with Crippen molar-refractivity contribution in [3.05, 3.63) is 0 Å². The van der Waals surface area contributed by atoms with E-state index in [0.717, 1.165) is 97.4 Å². The van der Waals surface area contributed by atoms with Gasteiger partial charge in [-0.1, -0.05) is 27.7 Å². The highest BCUT2D eigenvalue weighted by Gasteiger charge is 2.35. The molecule has 0 aromatic rings. The lowest BCUT2D eigenvalue weighted by Gasteiger charge is -2.35. The number of carbonyl (C=O) groups excluding carboxylic acids is 3. The molecule has 0 saturated carbocycles. The fourth-order valence-corrected chi connectivity index (χ4v) is 6.06. The molecule has 3 amide bonds. The Hall–Kier alpha value is -1.71. The Morgan fingerprint density at radius 1 is 0.459 bits per heavy atom. The molecule has 6 aliphatic heterocycles. The summed E-state index contributed by atoms with van der Waals surface area (Å²) in [6.45, 7) is 17.2. The highest BCUT2D eigenvalue weighted by Crippen LogP contribution is 2.23. The van der Waals surface area contributed by atoms with Crippen LogP contribution >= 0.6 is 0 Å². The normalized spacial score (nSPS) is 29.4. The standard InChI is InChI=1S/3C8H14N2O.2C2H6/c3*1-9-4-5-10-7(6-9)2-3-8(10)11;2*1-2/h3*7H,2-6H2,1H3;2*1-2H3. The third kappa shape index (κ3) is 8.65. The first kappa shape index (κ1) is 31.5. The van der Waals surface area contributed by atoms with Gasteiger partial charge in [0.1, 0.15) is 0 Å². The third-order valence-electron chi connectivity index (χ3n) is 8.09. The van der Waals surface area contributed by atoms with Crippen molar-refractivity contribution in [2.24, 2.45) is 0 Å². The molecule has 0 aromatic carbocycles. The van der Waals surface area contributed by atoms with E-state index < -0.39 is 0 Å². The molecule has 214 valence electrons. The summed E-state index contributed by atoms with van der Waals surface area (Å²) in [5, 5.41) is 0. The first-order valence-electron chi connectivity index (χ1n) is 14.8. The molecule has 6 fully saturated rings. The van der Waals surface area contributed by atoms with Gasteiger partial charge in [0, 0.05) is 96.3 Å². The van der Waals surface area contributed by atoms with E-state index >= 15 is 0 Å². The average Bonchev–Trinajstić information content (AvgIpc) is 3.58. The average molecular weight is 523 g/mol. The number of likely N-dealkylation sites (N-methyl/N-ethyl adjacent to an activating group) is 3. The smallest absolute Gasteiger partial charge is 0.222 e. The van der Waals surface area contributed by atoms with E-state index in [1.807, 2.05) is 42.4 Å². The van der Waals surface area contributed by atoms with Crippen molar-refractivity contribution in [2.75, 3.05) is 80.0 Å². The Balaban J connectivity index is 0.000000183. The second-order valence-electron chi connectivity index (χ2n) is 10.6. The Morgan fingerprint density at radius 2 is 0.703 bits per heavy atom. The summed E-state index contributed by atoms with van der Waals surface area (Å²) in [7, 11) is 6.38. The molecule has 3 atom stereocenters. The number of fused-ring (bicyclic) bond motifs is 3. The molecule has 37 heavy (non-hydrogen) atoms. The monoisotopic (exact) mass is 522 g/mol. The maximum absolute atomic E-state index is 11.2. The van der Waals surface area contributed by atoms with E-state index in [0.29, 0.717) is 35.8 Å². The van der Waals surface area contributed by atoms with E-state index in [1.165, 1.54) is 0 Å². The van der Waals surface area contributed by atoms with Gasteiger partial charge >= 0.3 is 0 Å². The van der Waals surface area contributed by atoms with Gasteiger partial charge in [0.05, 0.1) is 0 Å². The van der Waals surface area contributed by atoms with Gasteiger partial charge < -0.3 is 29.4 Å². The van der Waals surface area contributed by atoms with Crippen LogP contribution in [0.1, 0.15) is 66.2 Å². The van der Waals surface area contributed by atoms with Crippen LogP contribution in [0.25, 0.3) is 0 Å². The van der Waals surface area contributed by atoms with E-state index in [4.69, 9.17) is 0 Å². The Morgan fingerprint density at radius 3 is 0.946 bits per heavy atom. The SMILES string of the molecule is CC.CC.CN1CCN2C(=O)CCC2C1.CN1CCN2C(=O)CCC2C1.CN1CCN2C(=O)CCC2C1. The van der Waals surface area contributed by atoms with Gasteiger partial charge in [0.15, 0.2) is 0 Å². The van der Waals surface area contributed by atoms with Crippen LogP contribution in [-0.4, -0.2) is 145 Å². The topological polar surface area (TPSA) is 70.7 Å². The van der Waals surface area contributed by atoms with Gasteiger partial charge in [-0.05, 0) is 40.4 Å². The number of rotatable bonds is 0. The van der Waals surface area contributed by atoms with Crippen LogP contribution in [0.15, 0.2) is 0 Å². The maximum atomic E-state index is 11.2. The summed E-state index contributed by atoms with van der Waals surface area (Å²) in [6, 6.07) is 1.59. The predicted octanol–water partition coefficient (Wildman–Crippen LogP) is 1.82. The number of piperazine rings is 3. The summed E-state index contributed by atoms with van der Waals surface area (Å²) in [5.41, 5.74) is 0. The van der Waals surface area contributed by atoms with Crippen LogP contribution in [-0.2, 0) is 14.4 Å². The molecule has 6 rings (SSSR count). The van der Waals surface area contributed by atoms with Crippen molar-refractivity contribution in [3.8, 4) is 0 Å². The van der Waals surface area contributed by atoms with Crippen LogP contribution in [0.4, 0.5) is 0 Å². The third-order valence-corrected chi connectivity index (χ3v) is 8.09. The van der Waals surface area contributed by atoms with Gasteiger partial charge in [-0.3, -0.25) is 14.4 Å². The fraction of sp³-hybridized carbons (Fsp3) is 0.893. The van der Waals surface area contributed by atoms with Crippen molar-refractivity contribution in [2.45, 2.75) is 84.3 Å². The maximum Gasteiger partial charge on any atom is 0.222 e. The molecule has 9 nitrogen and oxygen atoms in total. The number of amides is 3. The van der Waals surface area contributed by atoms with E-state index in [1.54, 1.807) is 0 Å². The molecule has 3 unspecified atom stereocenters. The quantitative estimate of drug-likeness (QED) is 0.483. The first-order valence-corrected chi connectivity index (χ1v) is 14.8. The minimum absolute atomic E-state index is 0.364. The van der Waals surface area contributed by atoms with Gasteiger partial charge in [-0.15, -0.1) is 0 Å². The van der Waals surface area contributed by atoms with Crippen LogP contribution in [0, 0.1) is 0 Å². The van der Waals surface area contributed by atoms with Gasteiger partial charge in [0.2, 0.25) is 17.7 Å². The summed E-state index contributed by atoms with van der Waals surface area (Å²) in [6.07, 6.45) is 5.55. The number of hydrogen-bond acceptors (Lipinski definition) is 6. The zero-order valence-corrected chi connectivity index (χ0v) is 24.7. The van der Waals surface area contributed by atoms with Crippen LogP contribution in [0.3, 0.4) is 0 Å². The molecular formula is C28H54N6O3. The highest BCUT2D eigenvalue weighted by molar-refractivity contribution is 5.79. The van der Waals surface area contributed by atoms with E-state index in [2.05, 4.69) is 35.8 Å². The van der Waals surface area contributed by atoms with Crippen molar-refractivity contribution >= 4 is 17.7 Å². The summed E-state index contributed by atoms with van der Waals surface area (Å²) < 4.78 is 0. The minimum atomic E-state index is 0.364. The molecule has 0 bridgehead atoms. The molecule has 9 heteroatoms. The van der Waals surface area contributed by atoms with Crippen molar-refractivity contribution < 1.29 is 14.4 Å². The largest absolute Gasteiger partial charge is 0.337 e. The Labute approximate surface area is 226 Å². The van der Waals surface area contributed by atoms with Crippen LogP contribution in [0.2, 0.25) is 0 Å². The molecule has 0 spiro atoms. The zero-order chi connectivity index (χ0) is 27.5. The highest BCUT2D eigenvalue weighted by atomic mass is 16.2. The predicted molar refractivity (Wildman–Crippen MR) is 149 cm³/mol. The lowest BCUT2D eigenvalue weighted by Crippen LogP contribution is -2.49. The first-order chi connectivity index (χ1) is 17.8. The summed E-state index contributed by atoms with van der Waals surface area (Å²) in [4.78, 5) is 46.7. The lowest BCUT2D eigenvalue weighted by atomic mass is 10.2. The number of carbonyl (C=O) groups is 3. The van der Waals surface area contributed by atoms with Crippen molar-refractivity contribution in [1.82, 2.24) is 29.4 Å². The molecule has 6 saturated heterocycles. The molecule has 6 aliphatic rings. The van der Waals surface area contributed by atoms with Crippen LogP contribution < -0.4 is 0 Å². The summed E-state index contributed by atoms with van der Waals surface area (Å²) >= 11 is 0. The molecule has 6 heterocycles. The molecule has 0 N–H and O–H groups in total. The Bertz CT molecular complexity index is 640. The van der Waals surface area contributed by atoms with Gasteiger partial charge in [0.25, 0.3) is 0 Å². The van der Waals surface area contributed by atoms with Gasteiger partial charge in [-0.2, -0.15) is 0 Å². The summed E-state index contributed by atoms with van der Waals surface area (Å²) in [5.74, 6) is 1.09. The van der Waals surface area contributed by atoms with E-state index in [9.17, 15) is 14.4 Å².